The molecule has 0 aromatic rings. The van der Waals surface area contributed by atoms with Crippen molar-refractivity contribution in [3.63, 3.8) is 0 Å². The molecule has 2 aliphatic rings. The quantitative estimate of drug-likeness (QED) is 0.490. The van der Waals surface area contributed by atoms with Gasteiger partial charge in [-0.1, -0.05) is 12.2 Å². The molecule has 0 aromatic heterocycles. The largest absolute Gasteiger partial charge is 0.364 e. The molecule has 1 N–H and O–H groups in total. The van der Waals surface area contributed by atoms with Crippen molar-refractivity contribution < 1.29 is 0 Å². The number of nitrogens with one attached hydrogen (secondary N) is 1. The molecule has 0 saturated carbocycles. The first-order valence-corrected chi connectivity index (χ1v) is 2.78. The van der Waals surface area contributed by atoms with Crippen LogP contribution in [0.4, 0.5) is 0 Å². The molecule has 0 saturated heterocycles. The van der Waals surface area contributed by atoms with E-state index >= 15 is 0 Å². The van der Waals surface area contributed by atoms with E-state index in [2.05, 4.69) is 17.5 Å². The fourth-order valence-corrected chi connectivity index (χ4v) is 0.825. The molecule has 8 heavy (non-hydrogen) atoms. The van der Waals surface area contributed by atoms with E-state index in [1.165, 1.54) is 17.7 Å². The second kappa shape index (κ2) is 1.25. The van der Waals surface area contributed by atoms with Gasteiger partial charge in [0.2, 0.25) is 0 Å². The first-order chi connectivity index (χ1) is 3.97. The Labute approximate surface area is 48.4 Å². The average Bonchev–Trinajstić information content (AvgIpc) is 2.36. The smallest absolute Gasteiger partial charge is 0.0228 e. The molecule has 0 aromatic carbocycles. The van der Waals surface area contributed by atoms with Crippen molar-refractivity contribution in [3.05, 3.63) is 35.7 Å². The standard InChI is InChI=1S/C7H7N/c1-2-4-8-7-5-6(7)3-1/h1-4,8H,5H2. The van der Waals surface area contributed by atoms with Crippen molar-refractivity contribution in [1.82, 2.24) is 5.32 Å². The lowest BCUT2D eigenvalue weighted by Crippen LogP contribution is -1.92. The van der Waals surface area contributed by atoms with Gasteiger partial charge >= 0.3 is 0 Å². The molecular weight excluding hydrogens is 98.1 g/mol. The number of hydrogen-bond acceptors (Lipinski definition) is 1. The van der Waals surface area contributed by atoms with E-state index in [9.17, 15) is 0 Å². The van der Waals surface area contributed by atoms with Crippen LogP contribution in [-0.2, 0) is 0 Å². The highest BCUT2D eigenvalue weighted by Gasteiger charge is 2.17. The van der Waals surface area contributed by atoms with Crippen LogP contribution in [0.5, 0.6) is 0 Å². The van der Waals surface area contributed by atoms with Crippen LogP contribution in [0.3, 0.4) is 0 Å². The molecule has 1 aliphatic heterocycles. The zero-order valence-electron chi connectivity index (χ0n) is 4.52. The molecule has 0 radical (unpaired) electrons. The average molecular weight is 105 g/mol. The zero-order valence-corrected chi connectivity index (χ0v) is 4.52. The molecule has 1 nitrogen and oxygen atoms in total. The minimum Gasteiger partial charge on any atom is -0.364 e. The normalized spacial score (nSPS) is 22.0. The van der Waals surface area contributed by atoms with Gasteiger partial charge in [0.05, 0.1) is 0 Å². The summed E-state index contributed by atoms with van der Waals surface area (Å²) in [5.41, 5.74) is 2.84. The van der Waals surface area contributed by atoms with E-state index in [-0.39, 0.29) is 0 Å². The Bertz CT molecular complexity index is 196. The molecule has 1 heteroatoms. The number of rotatable bonds is 0. The van der Waals surface area contributed by atoms with Gasteiger partial charge in [-0.15, -0.1) is 0 Å². The van der Waals surface area contributed by atoms with Gasteiger partial charge in [-0.05, 0) is 11.6 Å². The summed E-state index contributed by atoms with van der Waals surface area (Å²) >= 11 is 0. The van der Waals surface area contributed by atoms with Crippen LogP contribution >= 0.6 is 0 Å². The van der Waals surface area contributed by atoms with Crippen LogP contribution in [-0.4, -0.2) is 0 Å². The lowest BCUT2D eigenvalue weighted by molar-refractivity contribution is 1.11. The Hall–Kier alpha value is -0.980. The maximum Gasteiger partial charge on any atom is 0.0228 e. The third-order valence-electron chi connectivity index (χ3n) is 1.39. The Morgan fingerprint density at radius 3 is 3.38 bits per heavy atom. The summed E-state index contributed by atoms with van der Waals surface area (Å²) in [6.45, 7) is 0. The van der Waals surface area contributed by atoms with Crippen LogP contribution in [0.2, 0.25) is 0 Å². The van der Waals surface area contributed by atoms with E-state index in [4.69, 9.17) is 0 Å². The van der Waals surface area contributed by atoms with Crippen molar-refractivity contribution in [2.75, 3.05) is 0 Å². The van der Waals surface area contributed by atoms with Crippen LogP contribution in [0.25, 0.3) is 0 Å². The predicted octanol–water partition coefficient (Wildman–Crippen LogP) is 1.32. The van der Waals surface area contributed by atoms with Crippen LogP contribution in [0.15, 0.2) is 35.7 Å². The Balaban J connectivity index is 2.30. The van der Waals surface area contributed by atoms with Gasteiger partial charge < -0.3 is 5.32 Å². The summed E-state index contributed by atoms with van der Waals surface area (Å²) in [5, 5.41) is 3.16. The summed E-state index contributed by atoms with van der Waals surface area (Å²) in [6, 6.07) is 0. The topological polar surface area (TPSA) is 12.0 Å². The highest BCUT2D eigenvalue weighted by Crippen LogP contribution is 2.29. The molecule has 0 atom stereocenters. The van der Waals surface area contributed by atoms with Gasteiger partial charge in [-0.3, -0.25) is 0 Å². The van der Waals surface area contributed by atoms with E-state index in [0.29, 0.717) is 0 Å². The van der Waals surface area contributed by atoms with E-state index in [1.807, 2.05) is 12.3 Å². The van der Waals surface area contributed by atoms with Gasteiger partial charge in [0.25, 0.3) is 0 Å². The molecule has 0 bridgehead atoms. The highest BCUT2D eigenvalue weighted by atomic mass is 14.9. The number of allylic oxidation sites excluding steroid dienone is 5. The maximum atomic E-state index is 3.16. The second-order valence-electron chi connectivity index (χ2n) is 2.04. The Morgan fingerprint density at radius 2 is 2.38 bits per heavy atom. The minimum atomic E-state index is 1.17. The van der Waals surface area contributed by atoms with E-state index < -0.39 is 0 Å². The molecule has 2 rings (SSSR count). The minimum absolute atomic E-state index is 1.17. The highest BCUT2D eigenvalue weighted by molar-refractivity contribution is 5.45. The van der Waals surface area contributed by atoms with Crippen molar-refractivity contribution in [1.29, 1.82) is 0 Å². The third-order valence-corrected chi connectivity index (χ3v) is 1.39. The summed E-state index contributed by atoms with van der Waals surface area (Å²) in [4.78, 5) is 0. The van der Waals surface area contributed by atoms with E-state index in [0.717, 1.165) is 0 Å². The molecule has 0 fully saturated rings. The first kappa shape index (κ1) is 3.96. The van der Waals surface area contributed by atoms with Crippen LogP contribution < -0.4 is 5.32 Å². The lowest BCUT2D eigenvalue weighted by Gasteiger charge is -1.84. The lowest BCUT2D eigenvalue weighted by atomic mass is 10.4. The third kappa shape index (κ3) is 0.479. The molecular formula is C7H7N. The zero-order chi connectivity index (χ0) is 5.40. The molecule has 1 aliphatic carbocycles. The summed E-state index contributed by atoms with van der Waals surface area (Å²) in [7, 11) is 0. The van der Waals surface area contributed by atoms with Crippen molar-refractivity contribution in [2.24, 2.45) is 0 Å². The summed E-state index contributed by atoms with van der Waals surface area (Å²) < 4.78 is 0. The van der Waals surface area contributed by atoms with Gasteiger partial charge in [-0.25, -0.2) is 0 Å². The van der Waals surface area contributed by atoms with Crippen molar-refractivity contribution in [3.8, 4) is 0 Å². The SMILES string of the molecule is C1=CNC2=C(C=C1)C2. The van der Waals surface area contributed by atoms with Gasteiger partial charge in [-0.2, -0.15) is 0 Å². The van der Waals surface area contributed by atoms with Crippen molar-refractivity contribution >= 4 is 0 Å². The first-order valence-electron chi connectivity index (χ1n) is 2.78. The predicted molar refractivity (Wildman–Crippen MR) is 33.1 cm³/mol. The van der Waals surface area contributed by atoms with Crippen LogP contribution in [0.1, 0.15) is 6.42 Å². The second-order valence-corrected chi connectivity index (χ2v) is 2.04. The fraction of sp³-hybridized carbons (Fsp3) is 0.143. The van der Waals surface area contributed by atoms with E-state index in [1.54, 1.807) is 0 Å². The molecule has 0 spiro atoms. The monoisotopic (exact) mass is 105 g/mol. The van der Waals surface area contributed by atoms with Gasteiger partial charge in [0.1, 0.15) is 0 Å². The Kier molecular flexibility index (Phi) is 0.618. The molecule has 0 amide bonds. The number of hydrogen-bond donors (Lipinski definition) is 1. The molecule has 40 valence electrons. The van der Waals surface area contributed by atoms with Gasteiger partial charge in [0.15, 0.2) is 0 Å². The van der Waals surface area contributed by atoms with Crippen LogP contribution in [0, 0.1) is 0 Å². The molecule has 1 heterocycles. The maximum absolute atomic E-state index is 3.16. The summed E-state index contributed by atoms with van der Waals surface area (Å²) in [5.74, 6) is 0. The fourth-order valence-electron chi connectivity index (χ4n) is 0.825. The summed E-state index contributed by atoms with van der Waals surface area (Å²) in [6.07, 6.45) is 9.34. The Morgan fingerprint density at radius 1 is 1.38 bits per heavy atom. The van der Waals surface area contributed by atoms with Gasteiger partial charge in [0, 0.05) is 18.3 Å². The van der Waals surface area contributed by atoms with Crippen molar-refractivity contribution in [2.45, 2.75) is 6.42 Å². The molecule has 0 unspecified atom stereocenters.